The van der Waals surface area contributed by atoms with E-state index in [2.05, 4.69) is 97.4 Å². The lowest BCUT2D eigenvalue weighted by molar-refractivity contribution is -0.131. The highest BCUT2D eigenvalue weighted by molar-refractivity contribution is 5.86. The van der Waals surface area contributed by atoms with Crippen molar-refractivity contribution >= 4 is 40.8 Å². The van der Waals surface area contributed by atoms with Crippen molar-refractivity contribution in [1.29, 1.82) is 0 Å². The highest BCUT2D eigenvalue weighted by atomic mass is 16.3. The lowest BCUT2D eigenvalue weighted by atomic mass is 9.99. The third-order valence-electron chi connectivity index (χ3n) is 7.39. The Morgan fingerprint density at radius 2 is 1.54 bits per heavy atom. The van der Waals surface area contributed by atoms with Gasteiger partial charge in [0.2, 0.25) is 5.95 Å². The molecule has 8 nitrogen and oxygen atoms in total. The zero-order chi connectivity index (χ0) is 35.3. The average molecular weight is 636 g/mol. The number of nitrogens with zero attached hydrogens (tertiary/aromatic N) is 4. The van der Waals surface area contributed by atoms with E-state index >= 15 is 0 Å². The Kier molecular flexibility index (Phi) is 20.8. The molecule has 2 N–H and O–H groups in total. The summed E-state index contributed by atoms with van der Waals surface area (Å²) in [7, 11) is 0. The van der Waals surface area contributed by atoms with Crippen LogP contribution in [0, 0.1) is 5.92 Å². The maximum atomic E-state index is 10.2. The Labute approximate surface area is 279 Å². The van der Waals surface area contributed by atoms with Gasteiger partial charge in [-0.2, -0.15) is 4.98 Å². The fraction of sp³-hybridized carbons (Fsp3) is 0.526. The Morgan fingerprint density at radius 1 is 1.02 bits per heavy atom. The number of carbonyl (C=O) groups is 2. The first-order valence-corrected chi connectivity index (χ1v) is 16.8. The molecule has 256 valence electrons. The van der Waals surface area contributed by atoms with Crippen LogP contribution in [-0.2, 0) is 9.59 Å². The topological polar surface area (TPSA) is 98.7 Å². The zero-order valence-corrected chi connectivity index (χ0v) is 30.3. The molecule has 0 amide bonds. The van der Waals surface area contributed by atoms with Crippen LogP contribution < -0.4 is 15.1 Å². The summed E-state index contributed by atoms with van der Waals surface area (Å²) in [4.78, 5) is 34.0. The molecular weight excluding hydrogens is 574 g/mol. The van der Waals surface area contributed by atoms with E-state index in [0.717, 1.165) is 67.6 Å². The predicted molar refractivity (Wildman–Crippen MR) is 198 cm³/mol. The number of nitrogens with one attached hydrogen (secondary N) is 1. The number of hydrogen-bond donors (Lipinski definition) is 2. The fourth-order valence-corrected chi connectivity index (χ4v) is 4.24. The van der Waals surface area contributed by atoms with Gasteiger partial charge in [-0.05, 0) is 95.4 Å². The highest BCUT2D eigenvalue weighted by Crippen LogP contribution is 2.31. The first kappa shape index (κ1) is 42.2. The first-order valence-electron chi connectivity index (χ1n) is 16.8. The Hall–Kier alpha value is -3.78. The molecule has 1 aliphatic rings. The lowest BCUT2D eigenvalue weighted by Gasteiger charge is -2.30. The molecule has 0 saturated carbocycles. The van der Waals surface area contributed by atoms with Crippen molar-refractivity contribution < 1.29 is 14.7 Å². The molecule has 46 heavy (non-hydrogen) atoms. The van der Waals surface area contributed by atoms with Crippen molar-refractivity contribution in [3.05, 3.63) is 67.0 Å². The zero-order valence-electron chi connectivity index (χ0n) is 30.3. The van der Waals surface area contributed by atoms with E-state index in [-0.39, 0.29) is 11.6 Å². The largest absolute Gasteiger partial charge is 0.383 e. The molecule has 1 aromatic carbocycles. The van der Waals surface area contributed by atoms with E-state index in [0.29, 0.717) is 5.95 Å². The Morgan fingerprint density at radius 3 is 1.98 bits per heavy atom. The number of carbonyl (C=O) groups excluding carboxylic acids is 2. The molecule has 2 aromatic rings. The molecular formula is C38H61N5O3. The number of hydrogen-bond acceptors (Lipinski definition) is 8. The number of rotatable bonds is 14. The number of Topliss-reactive ketones (excluding diaryl/α,β-unsaturated/α-hetero) is 1. The smallest absolute Gasteiger partial charge is 0.229 e. The van der Waals surface area contributed by atoms with E-state index in [9.17, 15) is 9.59 Å². The number of anilines is 4. The molecule has 1 aliphatic heterocycles. The monoisotopic (exact) mass is 635 g/mol. The second-order valence-electron chi connectivity index (χ2n) is 11.5. The van der Waals surface area contributed by atoms with Crippen molar-refractivity contribution in [1.82, 2.24) is 9.97 Å². The molecule has 0 aliphatic carbocycles. The van der Waals surface area contributed by atoms with Crippen LogP contribution in [0.15, 0.2) is 61.5 Å². The molecule has 8 heteroatoms. The number of aliphatic hydroxyl groups is 1. The van der Waals surface area contributed by atoms with Gasteiger partial charge >= 0.3 is 0 Å². The standard InChI is InChI=1S/C27H39N5.C5H10O2.C4H6O.C2H6/c1-6-17-31(18-7-2)25-14-12-24(13-15-25)29-27-28-20-23-11-10-21(5)32(26(23)30-27)19-16-22(8-3)9-4;1-4(6)5(2,3)7;1-3-4(2)5;1-2/h10-15,20,22H,5-9,16-19H2,1-4H3,(H,28,29,30);7H,1-3H3;3H,1H2,2H3;1-2H3. The number of fused-ring (bicyclic) bond motifs is 1. The molecule has 0 bridgehead atoms. The summed E-state index contributed by atoms with van der Waals surface area (Å²) in [5.74, 6) is 2.10. The van der Waals surface area contributed by atoms with Crippen LogP contribution in [0.5, 0.6) is 0 Å². The first-order chi connectivity index (χ1) is 21.8. The summed E-state index contributed by atoms with van der Waals surface area (Å²) >= 11 is 0. The molecule has 0 unspecified atom stereocenters. The van der Waals surface area contributed by atoms with Crippen LogP contribution in [0.25, 0.3) is 6.08 Å². The predicted octanol–water partition coefficient (Wildman–Crippen LogP) is 9.15. The minimum atomic E-state index is -1.14. The number of ketones is 2. The van der Waals surface area contributed by atoms with Crippen molar-refractivity contribution in [2.24, 2.45) is 5.92 Å². The minimum Gasteiger partial charge on any atom is -0.383 e. The fourth-order valence-electron chi connectivity index (χ4n) is 4.24. The Balaban J connectivity index is 0.00000122. The Bertz CT molecular complexity index is 1220. The molecule has 0 spiro atoms. The SMILES string of the molecule is C=C1C=Cc2cnc(Nc3ccc(N(CCC)CCC)cc3)nc2N1CCC(CC)CC.C=CC(C)=O.CC.CC(=O)C(C)(C)O. The van der Waals surface area contributed by atoms with Gasteiger partial charge in [-0.15, -0.1) is 0 Å². The molecule has 0 fully saturated rings. The van der Waals surface area contributed by atoms with Gasteiger partial charge in [-0.25, -0.2) is 4.98 Å². The molecule has 0 saturated heterocycles. The van der Waals surface area contributed by atoms with E-state index in [1.54, 1.807) is 0 Å². The van der Waals surface area contributed by atoms with Crippen molar-refractivity contribution in [3.63, 3.8) is 0 Å². The van der Waals surface area contributed by atoms with Gasteiger partial charge in [0.05, 0.1) is 0 Å². The third-order valence-corrected chi connectivity index (χ3v) is 7.39. The normalized spacial score (nSPS) is 11.6. The summed E-state index contributed by atoms with van der Waals surface area (Å²) in [6.07, 6.45) is 13.1. The van der Waals surface area contributed by atoms with E-state index in [1.165, 1.54) is 52.3 Å². The maximum absolute atomic E-state index is 10.2. The quantitative estimate of drug-likeness (QED) is 0.198. The summed E-state index contributed by atoms with van der Waals surface area (Å²) < 4.78 is 0. The van der Waals surface area contributed by atoms with E-state index in [1.807, 2.05) is 20.0 Å². The van der Waals surface area contributed by atoms with Gasteiger partial charge in [-0.1, -0.05) is 67.5 Å². The van der Waals surface area contributed by atoms with Gasteiger partial charge in [0.1, 0.15) is 11.4 Å². The second kappa shape index (κ2) is 22.7. The van der Waals surface area contributed by atoms with Crippen LogP contribution in [0.1, 0.15) is 107 Å². The van der Waals surface area contributed by atoms with Crippen LogP contribution in [-0.4, -0.2) is 51.9 Å². The molecule has 0 atom stereocenters. The second-order valence-corrected chi connectivity index (χ2v) is 11.5. The van der Waals surface area contributed by atoms with Crippen LogP contribution in [0.3, 0.4) is 0 Å². The average Bonchev–Trinajstić information content (AvgIpc) is 3.03. The molecule has 3 rings (SSSR count). The molecule has 1 aromatic heterocycles. The summed E-state index contributed by atoms with van der Waals surface area (Å²) in [6.45, 7) is 29.3. The van der Waals surface area contributed by atoms with E-state index in [4.69, 9.17) is 10.1 Å². The van der Waals surface area contributed by atoms with Crippen LogP contribution in [0.2, 0.25) is 0 Å². The van der Waals surface area contributed by atoms with Gasteiger partial charge in [0.25, 0.3) is 0 Å². The molecule has 2 heterocycles. The minimum absolute atomic E-state index is 0.0185. The van der Waals surface area contributed by atoms with Crippen molar-refractivity contribution in [2.75, 3.05) is 34.8 Å². The summed E-state index contributed by atoms with van der Waals surface area (Å²) in [5, 5.41) is 12.1. The highest BCUT2D eigenvalue weighted by Gasteiger charge is 2.20. The van der Waals surface area contributed by atoms with Crippen LogP contribution in [0.4, 0.5) is 23.1 Å². The van der Waals surface area contributed by atoms with Crippen molar-refractivity contribution in [3.8, 4) is 0 Å². The lowest BCUT2D eigenvalue weighted by Crippen LogP contribution is -2.27. The van der Waals surface area contributed by atoms with Gasteiger partial charge in [-0.3, -0.25) is 9.59 Å². The van der Waals surface area contributed by atoms with Gasteiger partial charge in [0, 0.05) is 48.5 Å². The van der Waals surface area contributed by atoms with Gasteiger partial charge < -0.3 is 20.2 Å². The summed E-state index contributed by atoms with van der Waals surface area (Å²) in [5.41, 5.74) is 3.15. The van der Waals surface area contributed by atoms with Gasteiger partial charge in [0.15, 0.2) is 11.6 Å². The summed E-state index contributed by atoms with van der Waals surface area (Å²) in [6, 6.07) is 8.58. The van der Waals surface area contributed by atoms with Crippen LogP contribution >= 0.6 is 0 Å². The molecule has 0 radical (unpaired) electrons. The van der Waals surface area contributed by atoms with E-state index < -0.39 is 5.60 Å². The van der Waals surface area contributed by atoms with Crippen molar-refractivity contribution in [2.45, 2.75) is 107 Å². The number of allylic oxidation sites excluding steroid dienone is 2. The third kappa shape index (κ3) is 15.5. The maximum Gasteiger partial charge on any atom is 0.229 e. The number of aromatic nitrogens is 2. The number of benzene rings is 1.